The van der Waals surface area contributed by atoms with Gasteiger partial charge in [0.15, 0.2) is 0 Å². The first-order valence-electron chi connectivity index (χ1n) is 8.24. The van der Waals surface area contributed by atoms with Crippen molar-refractivity contribution in [1.82, 2.24) is 5.32 Å². The molecule has 1 saturated carbocycles. The molecule has 1 fully saturated rings. The van der Waals surface area contributed by atoms with E-state index in [2.05, 4.69) is 26.1 Å². The van der Waals surface area contributed by atoms with Gasteiger partial charge >= 0.3 is 0 Å². The van der Waals surface area contributed by atoms with E-state index in [0.29, 0.717) is 12.5 Å². The fraction of sp³-hybridized carbons (Fsp3) is 0.667. The molecule has 1 atom stereocenters. The molecule has 4 nitrogen and oxygen atoms in total. The second-order valence-corrected chi connectivity index (χ2v) is 7.30. The zero-order valence-electron chi connectivity index (χ0n) is 13.9. The van der Waals surface area contributed by atoms with Crippen molar-refractivity contribution in [2.75, 3.05) is 13.2 Å². The van der Waals surface area contributed by atoms with E-state index in [1.54, 1.807) is 6.07 Å². The molecule has 1 aliphatic rings. The Morgan fingerprint density at radius 1 is 1.27 bits per heavy atom. The van der Waals surface area contributed by atoms with Crippen LogP contribution in [0, 0.1) is 0 Å². The Morgan fingerprint density at radius 3 is 2.59 bits per heavy atom. The van der Waals surface area contributed by atoms with Crippen LogP contribution in [0.2, 0.25) is 0 Å². The van der Waals surface area contributed by atoms with E-state index in [-0.39, 0.29) is 17.9 Å². The summed E-state index contributed by atoms with van der Waals surface area (Å²) >= 11 is 0. The van der Waals surface area contributed by atoms with Crippen LogP contribution in [0.4, 0.5) is 0 Å². The highest BCUT2D eigenvalue weighted by Gasteiger charge is 2.22. The van der Waals surface area contributed by atoms with Gasteiger partial charge < -0.3 is 20.3 Å². The normalized spacial score (nSPS) is 17.6. The second-order valence-electron chi connectivity index (χ2n) is 7.30. The van der Waals surface area contributed by atoms with Crippen molar-refractivity contribution >= 4 is 0 Å². The number of ether oxygens (including phenoxy) is 1. The van der Waals surface area contributed by atoms with Gasteiger partial charge in [-0.1, -0.05) is 12.8 Å². The van der Waals surface area contributed by atoms with Crippen LogP contribution in [-0.4, -0.2) is 35.0 Å². The average Bonchev–Trinajstić information content (AvgIpc) is 2.97. The maximum atomic E-state index is 10.0. The monoisotopic (exact) mass is 307 g/mol. The van der Waals surface area contributed by atoms with E-state index >= 15 is 0 Å². The first kappa shape index (κ1) is 17.1. The topological polar surface area (TPSA) is 61.7 Å². The van der Waals surface area contributed by atoms with Gasteiger partial charge in [0.05, 0.1) is 0 Å². The number of nitrogens with one attached hydrogen (secondary N) is 1. The van der Waals surface area contributed by atoms with Crippen molar-refractivity contribution in [1.29, 1.82) is 0 Å². The van der Waals surface area contributed by atoms with Crippen molar-refractivity contribution in [3.05, 3.63) is 23.8 Å². The molecule has 0 bridgehead atoms. The zero-order chi connectivity index (χ0) is 16.2. The molecule has 1 aliphatic carbocycles. The largest absolute Gasteiger partial charge is 0.508 e. The van der Waals surface area contributed by atoms with Crippen molar-refractivity contribution in [3.8, 4) is 11.5 Å². The highest BCUT2D eigenvalue weighted by Crippen LogP contribution is 2.40. The number of benzene rings is 1. The van der Waals surface area contributed by atoms with Gasteiger partial charge in [0.2, 0.25) is 0 Å². The van der Waals surface area contributed by atoms with Gasteiger partial charge in [0.1, 0.15) is 24.2 Å². The number of hydrogen-bond acceptors (Lipinski definition) is 4. The molecule has 0 spiro atoms. The molecule has 1 aromatic carbocycles. The third-order valence-electron chi connectivity index (χ3n) is 4.09. The molecule has 0 heterocycles. The number of β-amino-alcohol motifs (C(OH)–C–C–N with tert-alkyl or cyclic N) is 1. The van der Waals surface area contributed by atoms with E-state index in [1.165, 1.54) is 12.8 Å². The van der Waals surface area contributed by atoms with Gasteiger partial charge in [-0.25, -0.2) is 0 Å². The van der Waals surface area contributed by atoms with E-state index < -0.39 is 6.10 Å². The molecule has 0 aliphatic heterocycles. The van der Waals surface area contributed by atoms with Crippen LogP contribution in [0.15, 0.2) is 18.2 Å². The van der Waals surface area contributed by atoms with Gasteiger partial charge in [-0.05, 0) is 57.7 Å². The quantitative estimate of drug-likeness (QED) is 0.755. The highest BCUT2D eigenvalue weighted by atomic mass is 16.5. The summed E-state index contributed by atoms with van der Waals surface area (Å²) in [7, 11) is 0. The Bertz CT molecular complexity index is 476. The molecule has 0 amide bonds. The number of hydrogen-bond donors (Lipinski definition) is 3. The number of aliphatic hydroxyl groups is 1. The third-order valence-corrected chi connectivity index (χ3v) is 4.09. The van der Waals surface area contributed by atoms with E-state index in [0.717, 1.165) is 24.2 Å². The summed E-state index contributed by atoms with van der Waals surface area (Å²) in [6.45, 7) is 6.96. The Morgan fingerprint density at radius 2 is 1.95 bits per heavy atom. The SMILES string of the molecule is CC(C)(C)NCC(O)COc1ccc(O)cc1C1CCCC1. The third kappa shape index (κ3) is 5.18. The van der Waals surface area contributed by atoms with Crippen LogP contribution in [0.5, 0.6) is 11.5 Å². The van der Waals surface area contributed by atoms with E-state index in [4.69, 9.17) is 4.74 Å². The lowest BCUT2D eigenvalue weighted by molar-refractivity contribution is 0.0993. The number of rotatable bonds is 6. The molecule has 0 aromatic heterocycles. The average molecular weight is 307 g/mol. The molecule has 22 heavy (non-hydrogen) atoms. The van der Waals surface area contributed by atoms with Gasteiger partial charge in [-0.2, -0.15) is 0 Å². The van der Waals surface area contributed by atoms with Gasteiger partial charge in [-0.3, -0.25) is 0 Å². The maximum Gasteiger partial charge on any atom is 0.123 e. The summed E-state index contributed by atoms with van der Waals surface area (Å²) in [5.41, 5.74) is 1.06. The minimum atomic E-state index is -0.551. The van der Waals surface area contributed by atoms with Crippen molar-refractivity contribution in [2.24, 2.45) is 0 Å². The minimum absolute atomic E-state index is 0.0193. The van der Waals surface area contributed by atoms with Crippen LogP contribution in [0.25, 0.3) is 0 Å². The van der Waals surface area contributed by atoms with Crippen molar-refractivity contribution in [2.45, 2.75) is 64.0 Å². The minimum Gasteiger partial charge on any atom is -0.508 e. The number of phenols is 1. The fourth-order valence-electron chi connectivity index (χ4n) is 2.89. The van der Waals surface area contributed by atoms with Crippen LogP contribution >= 0.6 is 0 Å². The van der Waals surface area contributed by atoms with Gasteiger partial charge in [-0.15, -0.1) is 0 Å². The molecule has 4 heteroatoms. The van der Waals surface area contributed by atoms with Crippen molar-refractivity contribution in [3.63, 3.8) is 0 Å². The van der Waals surface area contributed by atoms with E-state index in [9.17, 15) is 10.2 Å². The number of aromatic hydroxyl groups is 1. The Labute approximate surface area is 133 Å². The van der Waals surface area contributed by atoms with E-state index in [1.807, 2.05) is 12.1 Å². The molecular formula is C18H29NO3. The molecular weight excluding hydrogens is 278 g/mol. The zero-order valence-corrected chi connectivity index (χ0v) is 13.9. The predicted molar refractivity (Wildman–Crippen MR) is 88.6 cm³/mol. The van der Waals surface area contributed by atoms with Crippen LogP contribution in [0.3, 0.4) is 0 Å². The number of aliphatic hydroxyl groups excluding tert-OH is 1. The lowest BCUT2D eigenvalue weighted by Crippen LogP contribution is -2.42. The Balaban J connectivity index is 1.94. The highest BCUT2D eigenvalue weighted by molar-refractivity contribution is 5.42. The molecule has 0 saturated heterocycles. The molecule has 1 aromatic rings. The van der Waals surface area contributed by atoms with Gasteiger partial charge in [0.25, 0.3) is 0 Å². The second kappa shape index (κ2) is 7.34. The maximum absolute atomic E-state index is 10.0. The number of phenolic OH excluding ortho intramolecular Hbond substituents is 1. The fourth-order valence-corrected chi connectivity index (χ4v) is 2.89. The first-order valence-corrected chi connectivity index (χ1v) is 8.24. The first-order chi connectivity index (χ1) is 10.3. The predicted octanol–water partition coefficient (Wildman–Crippen LogP) is 3.18. The molecule has 0 radical (unpaired) electrons. The molecule has 3 N–H and O–H groups in total. The lowest BCUT2D eigenvalue weighted by Gasteiger charge is -2.23. The summed E-state index contributed by atoms with van der Waals surface area (Å²) < 4.78 is 5.83. The Hall–Kier alpha value is -1.26. The molecule has 2 rings (SSSR count). The Kier molecular flexibility index (Phi) is 5.70. The van der Waals surface area contributed by atoms with Crippen molar-refractivity contribution < 1.29 is 14.9 Å². The van der Waals surface area contributed by atoms with Crippen LogP contribution in [-0.2, 0) is 0 Å². The van der Waals surface area contributed by atoms with Crippen LogP contribution < -0.4 is 10.1 Å². The summed E-state index contributed by atoms with van der Waals surface area (Å²) in [6, 6.07) is 5.27. The molecule has 1 unspecified atom stereocenters. The summed E-state index contributed by atoms with van der Waals surface area (Å²) in [5.74, 6) is 1.54. The lowest BCUT2D eigenvalue weighted by atomic mass is 9.96. The standard InChI is InChI=1S/C18H29NO3/c1-18(2,3)19-11-15(21)12-22-17-9-8-14(20)10-16(17)13-6-4-5-7-13/h8-10,13,15,19-21H,4-7,11-12H2,1-3H3. The van der Waals surface area contributed by atoms with Gasteiger partial charge in [0, 0.05) is 17.6 Å². The summed E-state index contributed by atoms with van der Waals surface area (Å²) in [5, 5.41) is 23.0. The summed E-state index contributed by atoms with van der Waals surface area (Å²) in [6.07, 6.45) is 4.21. The summed E-state index contributed by atoms with van der Waals surface area (Å²) in [4.78, 5) is 0. The smallest absolute Gasteiger partial charge is 0.123 e. The van der Waals surface area contributed by atoms with Crippen LogP contribution in [0.1, 0.15) is 57.9 Å². The molecule has 124 valence electrons.